The fraction of sp³-hybridized carbons (Fsp3) is 0.550. The number of carbonyl (C=O) groups excluding carboxylic acids is 3. The zero-order valence-electron chi connectivity index (χ0n) is 17.7. The Labute approximate surface area is 181 Å². The maximum atomic E-state index is 12.9. The summed E-state index contributed by atoms with van der Waals surface area (Å²) >= 11 is 1.36. The Kier molecular flexibility index (Phi) is 10.6. The summed E-state index contributed by atoms with van der Waals surface area (Å²) in [4.78, 5) is 38.8. The third-order valence-corrected chi connectivity index (χ3v) is 5.43. The van der Waals surface area contributed by atoms with Crippen LogP contribution in [-0.4, -0.2) is 68.8 Å². The topological polar surface area (TPSA) is 130 Å². The zero-order valence-corrected chi connectivity index (χ0v) is 18.6. The molecule has 0 aliphatic rings. The molecule has 2 atom stereocenters. The number of rotatable bonds is 9. The van der Waals surface area contributed by atoms with Crippen LogP contribution in [-0.2, 0) is 4.79 Å². The van der Waals surface area contributed by atoms with Gasteiger partial charge in [-0.25, -0.2) is 14.5 Å². The molecule has 0 fully saturated rings. The van der Waals surface area contributed by atoms with Gasteiger partial charge in [-0.15, -0.1) is 16.8 Å². The van der Waals surface area contributed by atoms with Crippen LogP contribution in [0, 0.1) is 11.8 Å². The van der Waals surface area contributed by atoms with Gasteiger partial charge in [0, 0.05) is 17.7 Å². The normalized spacial score (nSPS) is 12.9. The van der Waals surface area contributed by atoms with Crippen LogP contribution >= 0.6 is 11.8 Å². The SMILES string of the molecule is CNC(=O)N(C[C@@H](C)O)C(=O)N(O)C(=O)[C@H](CCC(C)C)CSc1ccc(O)cc1. The van der Waals surface area contributed by atoms with E-state index >= 15 is 0 Å². The number of phenols is 1. The third-order valence-electron chi connectivity index (χ3n) is 4.26. The Morgan fingerprint density at radius 3 is 2.20 bits per heavy atom. The lowest BCUT2D eigenvalue weighted by atomic mass is 9.98. The van der Waals surface area contributed by atoms with Gasteiger partial charge < -0.3 is 15.5 Å². The number of carbonyl (C=O) groups is 3. The molecule has 168 valence electrons. The van der Waals surface area contributed by atoms with Crippen molar-refractivity contribution in [2.24, 2.45) is 11.8 Å². The van der Waals surface area contributed by atoms with Gasteiger partial charge in [-0.05, 0) is 43.5 Å². The standard InChI is InChI=1S/C20H31N3O6S/c1-13(2)5-6-15(12-30-17-9-7-16(25)8-10-17)18(26)23(29)20(28)22(11-14(3)24)19(27)21-4/h7-10,13-15,24-25,29H,5-6,11-12H2,1-4H3,(H,21,27)/t14-,15-/m1/s1. The second-order valence-corrected chi connectivity index (χ2v) is 8.51. The lowest BCUT2D eigenvalue weighted by Gasteiger charge is -2.27. The van der Waals surface area contributed by atoms with Gasteiger partial charge in [0.2, 0.25) is 0 Å². The summed E-state index contributed by atoms with van der Waals surface area (Å²) in [7, 11) is 1.30. The van der Waals surface area contributed by atoms with Gasteiger partial charge >= 0.3 is 12.1 Å². The molecule has 0 saturated heterocycles. The summed E-state index contributed by atoms with van der Waals surface area (Å²) in [6, 6.07) is 4.43. The quantitative estimate of drug-likeness (QED) is 0.263. The molecule has 0 spiro atoms. The lowest BCUT2D eigenvalue weighted by Crippen LogP contribution is -2.53. The van der Waals surface area contributed by atoms with Crippen LogP contribution in [0.1, 0.15) is 33.6 Å². The first-order valence-electron chi connectivity index (χ1n) is 9.72. The number of aromatic hydroxyl groups is 1. The maximum absolute atomic E-state index is 12.9. The summed E-state index contributed by atoms with van der Waals surface area (Å²) < 4.78 is 0. The monoisotopic (exact) mass is 441 g/mol. The number of amides is 5. The largest absolute Gasteiger partial charge is 0.508 e. The molecule has 1 aromatic carbocycles. The van der Waals surface area contributed by atoms with E-state index in [0.717, 1.165) is 4.90 Å². The number of benzene rings is 1. The molecule has 0 bridgehead atoms. The van der Waals surface area contributed by atoms with Crippen molar-refractivity contribution >= 4 is 29.7 Å². The van der Waals surface area contributed by atoms with Gasteiger partial charge in [0.15, 0.2) is 0 Å². The molecular formula is C20H31N3O6S. The minimum Gasteiger partial charge on any atom is -0.508 e. The van der Waals surface area contributed by atoms with Crippen LogP contribution < -0.4 is 5.32 Å². The zero-order chi connectivity index (χ0) is 22.8. The predicted octanol–water partition coefficient (Wildman–Crippen LogP) is 2.90. The average molecular weight is 442 g/mol. The number of hydrogen-bond acceptors (Lipinski definition) is 7. The smallest absolute Gasteiger partial charge is 0.359 e. The van der Waals surface area contributed by atoms with Crippen molar-refractivity contribution in [3.8, 4) is 5.75 Å². The Balaban J connectivity index is 2.94. The molecule has 0 aliphatic carbocycles. The molecule has 30 heavy (non-hydrogen) atoms. The van der Waals surface area contributed by atoms with Crippen molar-refractivity contribution < 1.29 is 29.8 Å². The number of phenolic OH excluding ortho intramolecular Hbond substituents is 1. The van der Waals surface area contributed by atoms with Gasteiger partial charge in [-0.3, -0.25) is 10.0 Å². The van der Waals surface area contributed by atoms with Crippen LogP contribution in [0.15, 0.2) is 29.2 Å². The molecule has 0 heterocycles. The van der Waals surface area contributed by atoms with E-state index in [1.807, 2.05) is 13.8 Å². The van der Waals surface area contributed by atoms with Gasteiger partial charge in [-0.2, -0.15) is 0 Å². The minimum absolute atomic E-state index is 0.0417. The Hall–Kier alpha value is -2.30. The van der Waals surface area contributed by atoms with Crippen molar-refractivity contribution in [2.45, 2.75) is 44.6 Å². The summed E-state index contributed by atoms with van der Waals surface area (Å²) in [5, 5.41) is 31.4. The third kappa shape index (κ3) is 8.21. The first-order chi connectivity index (χ1) is 14.1. The molecule has 9 nitrogen and oxygen atoms in total. The van der Waals surface area contributed by atoms with Crippen LogP contribution in [0.4, 0.5) is 9.59 Å². The first kappa shape index (κ1) is 25.7. The summed E-state index contributed by atoms with van der Waals surface area (Å²) in [5.41, 5.74) is 0. The highest BCUT2D eigenvalue weighted by Gasteiger charge is 2.34. The summed E-state index contributed by atoms with van der Waals surface area (Å²) in [5.74, 6) is -0.729. The van der Waals surface area contributed by atoms with E-state index in [-0.39, 0.29) is 17.4 Å². The number of hydroxylamine groups is 2. The molecule has 0 aliphatic heterocycles. The second kappa shape index (κ2) is 12.4. The van der Waals surface area contributed by atoms with E-state index in [1.165, 1.54) is 37.9 Å². The Morgan fingerprint density at radius 2 is 1.70 bits per heavy atom. The van der Waals surface area contributed by atoms with Gasteiger partial charge in [0.1, 0.15) is 5.75 Å². The molecule has 0 radical (unpaired) electrons. The van der Waals surface area contributed by atoms with Crippen LogP contribution in [0.3, 0.4) is 0 Å². The van der Waals surface area contributed by atoms with Crippen LogP contribution in [0.2, 0.25) is 0 Å². The van der Waals surface area contributed by atoms with Crippen LogP contribution in [0.5, 0.6) is 5.75 Å². The van der Waals surface area contributed by atoms with Crippen molar-refractivity contribution in [2.75, 3.05) is 19.3 Å². The second-order valence-electron chi connectivity index (χ2n) is 7.42. The number of nitrogens with zero attached hydrogens (tertiary/aromatic N) is 2. The Bertz CT molecular complexity index is 711. The van der Waals surface area contributed by atoms with Crippen molar-refractivity contribution in [3.63, 3.8) is 0 Å². The highest BCUT2D eigenvalue weighted by Crippen LogP contribution is 2.26. The number of imide groups is 2. The first-order valence-corrected chi connectivity index (χ1v) is 10.7. The molecule has 1 rings (SSSR count). The highest BCUT2D eigenvalue weighted by molar-refractivity contribution is 7.99. The number of aliphatic hydroxyl groups excluding tert-OH is 1. The van der Waals surface area contributed by atoms with E-state index in [9.17, 15) is 29.8 Å². The minimum atomic E-state index is -1.22. The number of hydrogen-bond donors (Lipinski definition) is 4. The molecule has 1 aromatic rings. The predicted molar refractivity (Wildman–Crippen MR) is 113 cm³/mol. The average Bonchev–Trinajstić information content (AvgIpc) is 2.70. The molecule has 0 aromatic heterocycles. The van der Waals surface area contributed by atoms with Crippen LogP contribution in [0.25, 0.3) is 0 Å². The van der Waals surface area contributed by atoms with Crippen molar-refractivity contribution in [3.05, 3.63) is 24.3 Å². The fourth-order valence-corrected chi connectivity index (χ4v) is 3.61. The number of nitrogens with one attached hydrogen (secondary N) is 1. The molecule has 10 heteroatoms. The number of urea groups is 2. The molecule has 5 amide bonds. The van der Waals surface area contributed by atoms with Gasteiger partial charge in [0.05, 0.1) is 18.6 Å². The molecular weight excluding hydrogens is 410 g/mol. The van der Waals surface area contributed by atoms with E-state index in [0.29, 0.717) is 29.4 Å². The summed E-state index contributed by atoms with van der Waals surface area (Å²) in [6.07, 6.45) is 0.125. The fourth-order valence-electron chi connectivity index (χ4n) is 2.58. The number of thioether (sulfide) groups is 1. The highest BCUT2D eigenvalue weighted by atomic mass is 32.2. The Morgan fingerprint density at radius 1 is 1.10 bits per heavy atom. The van der Waals surface area contributed by atoms with Crippen molar-refractivity contribution in [1.29, 1.82) is 0 Å². The van der Waals surface area contributed by atoms with E-state index in [1.54, 1.807) is 12.1 Å². The summed E-state index contributed by atoms with van der Waals surface area (Å²) in [6.45, 7) is 5.02. The molecule has 4 N–H and O–H groups in total. The van der Waals surface area contributed by atoms with Gasteiger partial charge in [-0.1, -0.05) is 20.3 Å². The molecule has 0 unspecified atom stereocenters. The number of aliphatic hydroxyl groups is 1. The lowest BCUT2D eigenvalue weighted by molar-refractivity contribution is -0.158. The van der Waals surface area contributed by atoms with Crippen molar-refractivity contribution in [1.82, 2.24) is 15.3 Å². The van der Waals surface area contributed by atoms with E-state index in [2.05, 4.69) is 5.32 Å². The molecule has 0 saturated carbocycles. The maximum Gasteiger partial charge on any atom is 0.359 e. The van der Waals surface area contributed by atoms with Gasteiger partial charge in [0.25, 0.3) is 5.91 Å². The van der Waals surface area contributed by atoms with E-state index < -0.39 is 30.0 Å². The van der Waals surface area contributed by atoms with E-state index in [4.69, 9.17) is 0 Å².